The molecular weight excluding hydrogens is 677 g/mol. The maximum atomic E-state index is 14.7. The molecule has 10 heteroatoms. The van der Waals surface area contributed by atoms with Crippen LogP contribution in [0.1, 0.15) is 65.2 Å². The van der Waals surface area contributed by atoms with E-state index < -0.39 is 0 Å². The molecule has 4 aromatic heterocycles. The minimum absolute atomic E-state index is 0.331. The van der Waals surface area contributed by atoms with E-state index in [4.69, 9.17) is 0 Å². The molecule has 0 bridgehead atoms. The van der Waals surface area contributed by atoms with Gasteiger partial charge in [0, 0.05) is 42.7 Å². The van der Waals surface area contributed by atoms with E-state index in [-0.39, 0.29) is 22.2 Å². The molecule has 6 nitrogen and oxygen atoms in total. The van der Waals surface area contributed by atoms with Crippen molar-refractivity contribution in [3.63, 3.8) is 0 Å². The number of rotatable bonds is 10. The molecule has 244 valence electrons. The third-order valence-electron chi connectivity index (χ3n) is 9.42. The minimum Gasteiger partial charge on any atom is -0.274 e. The molecule has 0 amide bonds. The van der Waals surface area contributed by atoms with E-state index >= 15 is 0 Å². The number of pyridine rings is 2. The van der Waals surface area contributed by atoms with Crippen LogP contribution in [0.15, 0.2) is 67.7 Å². The van der Waals surface area contributed by atoms with Crippen molar-refractivity contribution in [1.29, 1.82) is 0 Å². The van der Waals surface area contributed by atoms with Crippen LogP contribution < -0.4 is 22.2 Å². The first kappa shape index (κ1) is 31.6. The van der Waals surface area contributed by atoms with E-state index in [0.29, 0.717) is 64.2 Å². The molecule has 8 aromatic rings. The van der Waals surface area contributed by atoms with Crippen LogP contribution in [-0.4, -0.2) is 9.13 Å². The highest BCUT2D eigenvalue weighted by atomic mass is 32.1. The van der Waals surface area contributed by atoms with Crippen molar-refractivity contribution in [2.75, 3.05) is 0 Å². The number of hydrogen-bond donors (Lipinski definition) is 0. The van der Waals surface area contributed by atoms with E-state index in [1.165, 1.54) is 54.5 Å². The summed E-state index contributed by atoms with van der Waals surface area (Å²) in [5.74, 6) is 0. The zero-order valence-electron chi connectivity index (χ0n) is 26.9. The van der Waals surface area contributed by atoms with Gasteiger partial charge in [0.25, 0.3) is 22.2 Å². The maximum Gasteiger partial charge on any atom is 0.262 e. The first-order valence-electron chi connectivity index (χ1n) is 16.8. The quantitative estimate of drug-likeness (QED) is 0.0804. The average molecular weight is 711 g/mol. The predicted molar refractivity (Wildman–Crippen MR) is 210 cm³/mol. The normalized spacial score (nSPS) is 12.3. The molecule has 0 unspecified atom stereocenters. The summed E-state index contributed by atoms with van der Waals surface area (Å²) in [6, 6.07) is 16.1. The Bertz CT molecular complexity index is 2450. The summed E-state index contributed by atoms with van der Waals surface area (Å²) < 4.78 is 9.74. The molecule has 0 atom stereocenters. The molecule has 0 aliphatic rings. The van der Waals surface area contributed by atoms with Crippen LogP contribution in [0.4, 0.5) is 0 Å². The highest BCUT2D eigenvalue weighted by molar-refractivity contribution is 7.38. The van der Waals surface area contributed by atoms with Crippen LogP contribution >= 0.6 is 45.3 Å². The summed E-state index contributed by atoms with van der Waals surface area (Å²) in [7, 11) is 0. The van der Waals surface area contributed by atoms with E-state index in [2.05, 4.69) is 13.8 Å². The molecule has 0 aliphatic heterocycles. The van der Waals surface area contributed by atoms with Gasteiger partial charge in [0.05, 0.1) is 40.3 Å². The molecular formula is C38H34N2O4S4. The number of nitrogens with zero attached hydrogens (tertiary/aromatic N) is 2. The second-order valence-electron chi connectivity index (χ2n) is 12.5. The van der Waals surface area contributed by atoms with E-state index in [1.807, 2.05) is 48.5 Å². The third kappa shape index (κ3) is 4.82. The van der Waals surface area contributed by atoms with Crippen LogP contribution in [0.2, 0.25) is 0 Å². The Kier molecular flexibility index (Phi) is 8.31. The molecule has 4 heterocycles. The van der Waals surface area contributed by atoms with E-state index in [0.717, 1.165) is 70.2 Å². The summed E-state index contributed by atoms with van der Waals surface area (Å²) in [6.07, 6.45) is 7.47. The second-order valence-corrected chi connectivity index (χ2v) is 16.7. The highest BCUT2D eigenvalue weighted by Gasteiger charge is 2.29. The van der Waals surface area contributed by atoms with Crippen molar-refractivity contribution < 1.29 is 0 Å². The van der Waals surface area contributed by atoms with Gasteiger partial charge in [-0.05, 0) is 37.1 Å². The van der Waals surface area contributed by atoms with Crippen molar-refractivity contribution in [2.45, 2.75) is 78.3 Å². The number of benzene rings is 4. The molecule has 0 spiro atoms. The molecule has 0 aliphatic carbocycles. The Labute approximate surface area is 291 Å². The lowest BCUT2D eigenvalue weighted by Crippen LogP contribution is -2.36. The van der Waals surface area contributed by atoms with Crippen LogP contribution in [0.25, 0.3) is 69.9 Å². The van der Waals surface area contributed by atoms with Crippen molar-refractivity contribution in [3.8, 4) is 0 Å². The van der Waals surface area contributed by atoms with Gasteiger partial charge in [-0.15, -0.1) is 45.3 Å². The Balaban J connectivity index is 1.66. The molecule has 0 saturated carbocycles. The number of fused-ring (bicyclic) bond motifs is 8. The number of unbranched alkanes of at least 4 members (excludes halogenated alkanes) is 6. The summed E-state index contributed by atoms with van der Waals surface area (Å²) in [5.41, 5.74) is -1.33. The summed E-state index contributed by atoms with van der Waals surface area (Å²) >= 11 is 5.99. The fraction of sp³-hybridized carbons (Fsp3) is 0.316. The Morgan fingerprint density at radius 1 is 0.417 bits per heavy atom. The van der Waals surface area contributed by atoms with Gasteiger partial charge in [0.15, 0.2) is 0 Å². The smallest absolute Gasteiger partial charge is 0.262 e. The van der Waals surface area contributed by atoms with Gasteiger partial charge < -0.3 is 0 Å². The molecule has 0 fully saturated rings. The lowest BCUT2D eigenvalue weighted by atomic mass is 9.96. The second kappa shape index (κ2) is 12.6. The largest absolute Gasteiger partial charge is 0.274 e. The SMILES string of the molecule is CCCCCCn1c(=O)c2c3sc4ccccc4sc3c3c(=O)n(CCCCCC)c(=O)c4c5sc6ccccc6sc5c(c1=O)c2c34. The van der Waals surface area contributed by atoms with Crippen molar-refractivity contribution in [3.05, 3.63) is 89.9 Å². The van der Waals surface area contributed by atoms with Gasteiger partial charge in [-0.2, -0.15) is 0 Å². The Morgan fingerprint density at radius 2 is 0.708 bits per heavy atom. The first-order chi connectivity index (χ1) is 23.4. The van der Waals surface area contributed by atoms with E-state index in [1.54, 1.807) is 0 Å². The first-order valence-corrected chi connectivity index (χ1v) is 20.1. The van der Waals surface area contributed by atoms with Gasteiger partial charge >= 0.3 is 0 Å². The molecule has 0 saturated heterocycles. The fourth-order valence-electron chi connectivity index (χ4n) is 7.07. The monoisotopic (exact) mass is 710 g/mol. The minimum atomic E-state index is -0.332. The van der Waals surface area contributed by atoms with Crippen LogP contribution in [0.3, 0.4) is 0 Å². The van der Waals surface area contributed by atoms with Crippen molar-refractivity contribution >= 4 is 115 Å². The zero-order valence-corrected chi connectivity index (χ0v) is 30.1. The lowest BCUT2D eigenvalue weighted by Gasteiger charge is -2.19. The van der Waals surface area contributed by atoms with E-state index in [9.17, 15) is 19.2 Å². The standard InChI is InChI=1S/C38H34N2O4S4/c1-3-5-7-13-19-39-35(41)27-25-26-29(33-31(27)45-21-15-9-11-17-23(21)47-33)37(43)40(20-14-8-6-4-2)38(44)30(26)34-32(28(25)36(39)42)46-22-16-10-12-18-24(22)48-34/h9-12,15-18H,3-8,13-14,19-20H2,1-2H3. The van der Waals surface area contributed by atoms with Gasteiger partial charge in [-0.1, -0.05) is 76.6 Å². The van der Waals surface area contributed by atoms with Gasteiger partial charge in [0.1, 0.15) is 0 Å². The Morgan fingerprint density at radius 3 is 0.979 bits per heavy atom. The van der Waals surface area contributed by atoms with Crippen molar-refractivity contribution in [2.24, 2.45) is 0 Å². The molecule has 8 rings (SSSR count). The zero-order chi connectivity index (χ0) is 33.1. The molecule has 0 radical (unpaired) electrons. The van der Waals surface area contributed by atoms with Gasteiger partial charge in [-0.3, -0.25) is 28.3 Å². The lowest BCUT2D eigenvalue weighted by molar-refractivity contribution is 0.564. The van der Waals surface area contributed by atoms with Crippen LogP contribution in [0, 0.1) is 0 Å². The van der Waals surface area contributed by atoms with Gasteiger partial charge in [-0.25, -0.2) is 0 Å². The van der Waals surface area contributed by atoms with Gasteiger partial charge in [0.2, 0.25) is 0 Å². The molecule has 4 aromatic carbocycles. The average Bonchev–Trinajstić information content (AvgIpc) is 3.09. The third-order valence-corrected chi connectivity index (χ3v) is 14.7. The summed E-state index contributed by atoms with van der Waals surface area (Å²) in [4.78, 5) is 58.7. The summed E-state index contributed by atoms with van der Waals surface area (Å²) in [6.45, 7) is 4.94. The Hall–Kier alpha value is -3.70. The number of aromatic nitrogens is 2. The fourth-order valence-corrected chi connectivity index (χ4v) is 12.2. The molecule has 0 N–H and O–H groups in total. The molecule has 48 heavy (non-hydrogen) atoms. The topological polar surface area (TPSA) is 78.1 Å². The maximum absolute atomic E-state index is 14.7. The van der Waals surface area contributed by atoms with Crippen molar-refractivity contribution in [1.82, 2.24) is 9.13 Å². The summed E-state index contributed by atoms with van der Waals surface area (Å²) in [5, 5.41) is 2.75. The predicted octanol–water partition coefficient (Wildman–Crippen LogP) is 10.2. The highest BCUT2D eigenvalue weighted by Crippen LogP contribution is 2.47. The van der Waals surface area contributed by atoms with Crippen LogP contribution in [0.5, 0.6) is 0 Å². The van der Waals surface area contributed by atoms with Crippen LogP contribution in [-0.2, 0) is 13.1 Å². The number of hydrogen-bond acceptors (Lipinski definition) is 8.